The summed E-state index contributed by atoms with van der Waals surface area (Å²) in [6, 6.07) is 7.86. The Labute approximate surface area is 197 Å². The maximum absolute atomic E-state index is 12.8. The number of hydrogen-bond donors (Lipinski definition) is 1. The SMILES string of the molecule is COc1ccc(-c2cn3nc(N4CCCC(C(=O)NCCN5CCOCC5)C4)sc3n2)cc1. The summed E-state index contributed by atoms with van der Waals surface area (Å²) in [6.45, 7) is 6.64. The standard InChI is InChI=1S/C23H30N6O3S/c1-31-19-6-4-17(5-7-19)20-16-29-22(25-20)33-23(26-29)28-9-2-3-18(15-28)21(30)24-8-10-27-11-13-32-14-12-27/h4-7,16,18H,2-3,8-15H2,1H3,(H,24,30). The molecule has 9 nitrogen and oxygen atoms in total. The number of aromatic nitrogens is 3. The Morgan fingerprint density at radius 1 is 1.24 bits per heavy atom. The molecular weight excluding hydrogens is 440 g/mol. The molecule has 2 fully saturated rings. The highest BCUT2D eigenvalue weighted by atomic mass is 32.1. The van der Waals surface area contributed by atoms with Gasteiger partial charge >= 0.3 is 0 Å². The second kappa shape index (κ2) is 10.1. The van der Waals surface area contributed by atoms with E-state index in [0.29, 0.717) is 13.1 Å². The maximum atomic E-state index is 12.8. The number of ether oxygens (including phenoxy) is 2. The molecule has 3 aromatic rings. The first-order chi connectivity index (χ1) is 16.2. The zero-order valence-electron chi connectivity index (χ0n) is 18.9. The third-order valence-corrected chi connectivity index (χ3v) is 7.30. The number of hydrogen-bond acceptors (Lipinski definition) is 8. The number of piperidine rings is 1. The van der Waals surface area contributed by atoms with E-state index in [1.807, 2.05) is 35.0 Å². The van der Waals surface area contributed by atoms with E-state index in [1.54, 1.807) is 18.4 Å². The van der Waals surface area contributed by atoms with Crippen molar-refractivity contribution in [2.24, 2.45) is 5.92 Å². The smallest absolute Gasteiger partial charge is 0.224 e. The van der Waals surface area contributed by atoms with Crippen LogP contribution in [0.25, 0.3) is 16.2 Å². The predicted octanol–water partition coefficient (Wildman–Crippen LogP) is 2.13. The molecule has 1 N–H and O–H groups in total. The van der Waals surface area contributed by atoms with Crippen LogP contribution >= 0.6 is 11.3 Å². The van der Waals surface area contributed by atoms with Crippen molar-refractivity contribution in [2.45, 2.75) is 12.8 Å². The minimum absolute atomic E-state index is 0.00507. The lowest BCUT2D eigenvalue weighted by Gasteiger charge is -2.32. The number of nitrogens with zero attached hydrogens (tertiary/aromatic N) is 5. The lowest BCUT2D eigenvalue weighted by Crippen LogP contribution is -2.46. The van der Waals surface area contributed by atoms with E-state index in [2.05, 4.69) is 15.1 Å². The number of carbonyl (C=O) groups is 1. The Morgan fingerprint density at radius 3 is 2.82 bits per heavy atom. The lowest BCUT2D eigenvalue weighted by atomic mass is 9.97. The topological polar surface area (TPSA) is 84.2 Å². The molecule has 2 aliphatic rings. The van der Waals surface area contributed by atoms with Gasteiger partial charge in [0.05, 0.1) is 38.1 Å². The number of imidazole rings is 1. The van der Waals surface area contributed by atoms with E-state index in [0.717, 1.165) is 79.3 Å². The van der Waals surface area contributed by atoms with E-state index in [9.17, 15) is 4.79 Å². The number of methoxy groups -OCH3 is 1. The summed E-state index contributed by atoms with van der Waals surface area (Å²) in [5.41, 5.74) is 1.92. The van der Waals surface area contributed by atoms with Gasteiger partial charge in [0.15, 0.2) is 0 Å². The summed E-state index contributed by atoms with van der Waals surface area (Å²) in [4.78, 5) is 22.9. The van der Waals surface area contributed by atoms with Gasteiger partial charge < -0.3 is 19.7 Å². The molecule has 1 amide bonds. The first-order valence-corrected chi connectivity index (χ1v) is 12.3. The van der Waals surface area contributed by atoms with Gasteiger partial charge in [0.1, 0.15) is 5.75 Å². The number of benzene rings is 1. The number of rotatable bonds is 7. The third kappa shape index (κ3) is 5.13. The van der Waals surface area contributed by atoms with Crippen LogP contribution in [-0.4, -0.2) is 85.0 Å². The molecule has 2 aliphatic heterocycles. The number of carbonyl (C=O) groups excluding carboxylic acids is 1. The average Bonchev–Trinajstić information content (AvgIpc) is 3.45. The molecule has 0 aliphatic carbocycles. The lowest BCUT2D eigenvalue weighted by molar-refractivity contribution is -0.125. The quantitative estimate of drug-likeness (QED) is 0.566. The monoisotopic (exact) mass is 470 g/mol. The minimum atomic E-state index is -0.00507. The van der Waals surface area contributed by atoms with Gasteiger partial charge in [-0.1, -0.05) is 11.3 Å². The Hall–Kier alpha value is -2.69. The largest absolute Gasteiger partial charge is 0.497 e. The van der Waals surface area contributed by atoms with E-state index >= 15 is 0 Å². The minimum Gasteiger partial charge on any atom is -0.497 e. The first-order valence-electron chi connectivity index (χ1n) is 11.5. The molecule has 0 spiro atoms. The van der Waals surface area contributed by atoms with Crippen molar-refractivity contribution in [3.8, 4) is 17.0 Å². The van der Waals surface area contributed by atoms with Crippen molar-refractivity contribution in [2.75, 3.05) is 64.5 Å². The number of morpholine rings is 1. The van der Waals surface area contributed by atoms with Crippen LogP contribution in [-0.2, 0) is 9.53 Å². The van der Waals surface area contributed by atoms with Crippen LogP contribution in [0, 0.1) is 5.92 Å². The molecule has 0 radical (unpaired) electrons. The number of fused-ring (bicyclic) bond motifs is 1. The fourth-order valence-electron chi connectivity index (χ4n) is 4.39. The molecule has 2 saturated heterocycles. The third-order valence-electron chi connectivity index (χ3n) is 6.31. The molecule has 1 atom stereocenters. The van der Waals surface area contributed by atoms with Crippen molar-refractivity contribution < 1.29 is 14.3 Å². The molecule has 176 valence electrons. The molecule has 1 unspecified atom stereocenters. The van der Waals surface area contributed by atoms with E-state index in [-0.39, 0.29) is 11.8 Å². The van der Waals surface area contributed by atoms with Gasteiger partial charge in [-0.25, -0.2) is 9.50 Å². The maximum Gasteiger partial charge on any atom is 0.224 e. The van der Waals surface area contributed by atoms with Crippen molar-refractivity contribution in [1.82, 2.24) is 24.8 Å². The summed E-state index contributed by atoms with van der Waals surface area (Å²) < 4.78 is 12.4. The zero-order chi connectivity index (χ0) is 22.6. The van der Waals surface area contributed by atoms with Crippen LogP contribution in [0.4, 0.5) is 5.13 Å². The Balaban J connectivity index is 1.18. The summed E-state index contributed by atoms with van der Waals surface area (Å²) in [5.74, 6) is 0.968. The molecule has 10 heteroatoms. The molecule has 2 aromatic heterocycles. The second-order valence-electron chi connectivity index (χ2n) is 8.50. The zero-order valence-corrected chi connectivity index (χ0v) is 19.7. The van der Waals surface area contributed by atoms with Crippen LogP contribution in [0.5, 0.6) is 5.75 Å². The van der Waals surface area contributed by atoms with E-state index in [1.165, 1.54) is 0 Å². The average molecular weight is 471 g/mol. The van der Waals surface area contributed by atoms with Gasteiger partial charge in [-0.2, -0.15) is 0 Å². The highest BCUT2D eigenvalue weighted by Crippen LogP contribution is 2.30. The first kappa shape index (κ1) is 22.1. The van der Waals surface area contributed by atoms with Crippen molar-refractivity contribution in [1.29, 1.82) is 0 Å². The van der Waals surface area contributed by atoms with Gasteiger partial charge in [0.25, 0.3) is 0 Å². The Bertz CT molecular complexity index is 1040. The summed E-state index contributed by atoms with van der Waals surface area (Å²) in [7, 11) is 1.66. The molecule has 0 bridgehead atoms. The second-order valence-corrected chi connectivity index (χ2v) is 9.43. The molecule has 4 heterocycles. The van der Waals surface area contributed by atoms with Gasteiger partial charge in [-0.15, -0.1) is 5.10 Å². The van der Waals surface area contributed by atoms with Gasteiger partial charge in [0, 0.05) is 44.8 Å². The van der Waals surface area contributed by atoms with Crippen molar-refractivity contribution in [3.63, 3.8) is 0 Å². The summed E-state index contributed by atoms with van der Waals surface area (Å²) in [5, 5.41) is 8.81. The highest BCUT2D eigenvalue weighted by Gasteiger charge is 2.28. The van der Waals surface area contributed by atoms with Crippen molar-refractivity contribution >= 4 is 27.3 Å². The van der Waals surface area contributed by atoms with Crippen LogP contribution in [0.2, 0.25) is 0 Å². The number of amides is 1. The molecule has 5 rings (SSSR count). The fourth-order valence-corrected chi connectivity index (χ4v) is 5.31. The number of nitrogens with one attached hydrogen (secondary N) is 1. The fraction of sp³-hybridized carbons (Fsp3) is 0.522. The van der Waals surface area contributed by atoms with Gasteiger partial charge in [-0.3, -0.25) is 9.69 Å². The Kier molecular flexibility index (Phi) is 6.75. The van der Waals surface area contributed by atoms with Crippen LogP contribution in [0.3, 0.4) is 0 Å². The molecule has 0 saturated carbocycles. The predicted molar refractivity (Wildman–Crippen MR) is 128 cm³/mol. The van der Waals surface area contributed by atoms with Gasteiger partial charge in [-0.05, 0) is 37.1 Å². The van der Waals surface area contributed by atoms with E-state index < -0.39 is 0 Å². The Morgan fingerprint density at radius 2 is 2.06 bits per heavy atom. The van der Waals surface area contributed by atoms with Crippen LogP contribution < -0.4 is 15.0 Å². The molecular formula is C23H30N6O3S. The summed E-state index contributed by atoms with van der Waals surface area (Å²) in [6.07, 6.45) is 3.86. The number of anilines is 1. The van der Waals surface area contributed by atoms with E-state index in [4.69, 9.17) is 19.6 Å². The molecule has 33 heavy (non-hydrogen) atoms. The van der Waals surface area contributed by atoms with Gasteiger partial charge in [0.2, 0.25) is 16.0 Å². The van der Waals surface area contributed by atoms with Crippen molar-refractivity contribution in [3.05, 3.63) is 30.5 Å². The highest BCUT2D eigenvalue weighted by molar-refractivity contribution is 7.20. The summed E-state index contributed by atoms with van der Waals surface area (Å²) >= 11 is 1.57. The van der Waals surface area contributed by atoms with Crippen LogP contribution in [0.15, 0.2) is 30.5 Å². The normalized spacial score (nSPS) is 19.7. The molecule has 1 aromatic carbocycles. The van der Waals surface area contributed by atoms with Crippen LogP contribution in [0.1, 0.15) is 12.8 Å².